The largest absolute Gasteiger partial charge is 1.00 e. The summed E-state index contributed by atoms with van der Waals surface area (Å²) in [6.45, 7) is 2.04. The molecule has 2 rings (SSSR count). The van der Waals surface area contributed by atoms with Gasteiger partial charge in [0.15, 0.2) is 11.5 Å². The van der Waals surface area contributed by atoms with E-state index in [1.54, 1.807) is 18.3 Å². The molecule has 21 heavy (non-hydrogen) atoms. The maximum absolute atomic E-state index is 9.72. The Hall–Kier alpha value is -1.72. The van der Waals surface area contributed by atoms with Crippen LogP contribution in [0.1, 0.15) is 11.1 Å². The first-order valence-electron chi connectivity index (χ1n) is 6.02. The van der Waals surface area contributed by atoms with Gasteiger partial charge in [0.25, 0.3) is 0 Å². The van der Waals surface area contributed by atoms with Gasteiger partial charge in [-0.1, -0.05) is 17.7 Å². The van der Waals surface area contributed by atoms with E-state index in [0.717, 1.165) is 11.3 Å². The van der Waals surface area contributed by atoms with Crippen LogP contribution in [0.4, 0.5) is 5.69 Å². The monoisotopic (exact) mass is 369 g/mol. The van der Waals surface area contributed by atoms with Crippen molar-refractivity contribution in [3.63, 3.8) is 0 Å². The maximum atomic E-state index is 9.72. The zero-order valence-electron chi connectivity index (χ0n) is 11.6. The molecule has 0 aliphatic rings. The van der Waals surface area contributed by atoms with Crippen molar-refractivity contribution in [2.24, 2.45) is 5.10 Å². The molecule has 0 bridgehead atoms. The first-order chi connectivity index (χ1) is 9.60. The summed E-state index contributed by atoms with van der Waals surface area (Å²) in [6.07, 6.45) is 1.66. The lowest BCUT2D eigenvalue weighted by Crippen LogP contribution is -3.00. The van der Waals surface area contributed by atoms with Crippen molar-refractivity contribution in [2.45, 2.75) is 6.92 Å². The van der Waals surface area contributed by atoms with Gasteiger partial charge in [0, 0.05) is 0 Å². The van der Waals surface area contributed by atoms with Crippen LogP contribution in [0.3, 0.4) is 0 Å². The van der Waals surface area contributed by atoms with Gasteiger partial charge < -0.3 is 22.3 Å². The highest BCUT2D eigenvalue weighted by molar-refractivity contribution is 9.10. The number of hydrogen-bond acceptors (Lipinski definition) is 4. The fourth-order valence-electron chi connectivity index (χ4n) is 1.63. The molecule has 4 nitrogen and oxygen atoms in total. The minimum absolute atomic E-state index is 0. The lowest BCUT2D eigenvalue weighted by atomic mass is 10.2. The summed E-state index contributed by atoms with van der Waals surface area (Å²) in [5.41, 5.74) is 5.87. The molecule has 2 aromatic rings. The number of ether oxygens (including phenoxy) is 1. The number of aromatic hydroxyl groups is 1. The van der Waals surface area contributed by atoms with Gasteiger partial charge in [-0.2, -0.15) is 5.10 Å². The van der Waals surface area contributed by atoms with Crippen LogP contribution in [0.2, 0.25) is 0 Å². The maximum Gasteiger partial charge on any atom is 0.172 e. The van der Waals surface area contributed by atoms with Crippen LogP contribution in [0.5, 0.6) is 11.5 Å². The molecule has 0 aliphatic heterocycles. The number of hydrogen-bond donors (Lipinski definition) is 2. The van der Waals surface area contributed by atoms with Gasteiger partial charge in [-0.05, 0) is 52.7 Å². The summed E-state index contributed by atoms with van der Waals surface area (Å²) in [5.74, 6) is 0.479. The van der Waals surface area contributed by atoms with E-state index >= 15 is 0 Å². The van der Waals surface area contributed by atoms with Crippen molar-refractivity contribution >= 4 is 27.8 Å². The van der Waals surface area contributed by atoms with Gasteiger partial charge in [-0.25, -0.2) is 0 Å². The highest BCUT2D eigenvalue weighted by Gasteiger charge is 2.07. The lowest BCUT2D eigenvalue weighted by molar-refractivity contribution is -0.00000513. The van der Waals surface area contributed by atoms with Crippen molar-refractivity contribution in [3.05, 3.63) is 52.0 Å². The highest BCUT2D eigenvalue weighted by Crippen LogP contribution is 2.34. The number of aryl methyl sites for hydroxylation is 1. The molecule has 2 N–H and O–H groups in total. The Balaban J connectivity index is 0.00000220. The number of halogens is 2. The summed E-state index contributed by atoms with van der Waals surface area (Å²) in [7, 11) is 1.51. The highest BCUT2D eigenvalue weighted by atomic mass is 79.9. The fourth-order valence-corrected chi connectivity index (χ4v) is 2.09. The minimum Gasteiger partial charge on any atom is -1.00 e. The van der Waals surface area contributed by atoms with Crippen molar-refractivity contribution in [1.82, 2.24) is 0 Å². The van der Waals surface area contributed by atoms with E-state index in [0.29, 0.717) is 10.2 Å². The number of benzene rings is 2. The zero-order valence-corrected chi connectivity index (χ0v) is 13.9. The second-order valence-corrected chi connectivity index (χ2v) is 5.14. The third-order valence-electron chi connectivity index (χ3n) is 2.73. The number of phenolic OH excluding ortho intramolecular Hbond substituents is 1. The number of hydrazone groups is 1. The van der Waals surface area contributed by atoms with Crippen molar-refractivity contribution < 1.29 is 22.3 Å². The molecule has 0 heterocycles. The van der Waals surface area contributed by atoms with E-state index in [1.165, 1.54) is 12.7 Å². The van der Waals surface area contributed by atoms with Crippen LogP contribution >= 0.6 is 15.9 Å². The Bertz CT molecular complexity index is 630. The quantitative estimate of drug-likeness (QED) is 0.622. The summed E-state index contributed by atoms with van der Waals surface area (Å²) >= 11 is 3.27. The second kappa shape index (κ2) is 7.90. The molecule has 0 radical (unpaired) electrons. The van der Waals surface area contributed by atoms with Crippen molar-refractivity contribution in [1.29, 1.82) is 0 Å². The van der Waals surface area contributed by atoms with E-state index in [1.807, 2.05) is 31.2 Å². The van der Waals surface area contributed by atoms with Crippen molar-refractivity contribution in [2.75, 3.05) is 12.5 Å². The van der Waals surface area contributed by atoms with E-state index < -0.39 is 0 Å². The predicted molar refractivity (Wildman–Crippen MR) is 84.8 cm³/mol. The number of phenols is 1. The van der Waals surface area contributed by atoms with Gasteiger partial charge in [0.05, 0.1) is 23.5 Å². The molecule has 6 heteroatoms. The number of anilines is 1. The fraction of sp³-hybridized carbons (Fsp3) is 0.133. The van der Waals surface area contributed by atoms with Gasteiger partial charge >= 0.3 is 0 Å². The molecule has 0 saturated heterocycles. The zero-order chi connectivity index (χ0) is 14.5. The Morgan fingerprint density at radius 2 is 1.90 bits per heavy atom. The Morgan fingerprint density at radius 3 is 2.52 bits per heavy atom. The van der Waals surface area contributed by atoms with Crippen LogP contribution in [0.25, 0.3) is 0 Å². The molecule has 0 amide bonds. The van der Waals surface area contributed by atoms with Crippen LogP contribution in [-0.2, 0) is 0 Å². The number of nitrogens with zero attached hydrogens (tertiary/aromatic N) is 1. The van der Waals surface area contributed by atoms with Crippen molar-refractivity contribution in [3.8, 4) is 11.5 Å². The number of nitrogens with one attached hydrogen (secondary N) is 1. The third-order valence-corrected chi connectivity index (χ3v) is 3.33. The minimum atomic E-state index is 0. The van der Waals surface area contributed by atoms with Crippen LogP contribution in [-0.4, -0.2) is 18.4 Å². The van der Waals surface area contributed by atoms with Gasteiger partial charge in [-0.15, -0.1) is 0 Å². The first kappa shape index (κ1) is 17.3. The second-order valence-electron chi connectivity index (χ2n) is 4.29. The third kappa shape index (κ3) is 4.65. The first-order valence-corrected chi connectivity index (χ1v) is 6.81. The molecule has 0 atom stereocenters. The predicted octanol–water partition coefficient (Wildman–Crippen LogP) is 0.922. The molecule has 0 unspecified atom stereocenters. The van der Waals surface area contributed by atoms with Gasteiger partial charge in [-0.3, -0.25) is 5.43 Å². The standard InChI is InChI=1S/C15H15BrN2O2.ClH/c1-10-3-5-12(6-4-10)18-17-9-11-7-13(16)15(19)14(8-11)20-2;/h3-9,18-19H,1-2H3;1H/p-1. The molecule has 0 saturated carbocycles. The molecular weight excluding hydrogens is 356 g/mol. The van der Waals surface area contributed by atoms with Gasteiger partial charge in [0.1, 0.15) is 0 Å². The average molecular weight is 371 g/mol. The summed E-state index contributed by atoms with van der Waals surface area (Å²) in [6, 6.07) is 11.4. The molecule has 2 aromatic carbocycles. The van der Waals surface area contributed by atoms with E-state index in [9.17, 15) is 5.11 Å². The normalized spacial score (nSPS) is 10.2. The topological polar surface area (TPSA) is 53.8 Å². The van der Waals surface area contributed by atoms with E-state index in [4.69, 9.17) is 4.74 Å². The molecule has 0 aliphatic carbocycles. The SMILES string of the molecule is COc1cc(C=NNc2ccc(C)cc2)cc(Br)c1O.[Cl-]. The van der Waals surface area contributed by atoms with Gasteiger partial charge in [0.2, 0.25) is 0 Å². The Labute approximate surface area is 138 Å². The lowest BCUT2D eigenvalue weighted by Gasteiger charge is -2.06. The Kier molecular flexibility index (Phi) is 6.52. The smallest absolute Gasteiger partial charge is 0.172 e. The molecule has 112 valence electrons. The summed E-state index contributed by atoms with van der Waals surface area (Å²) in [5, 5.41) is 13.9. The van der Waals surface area contributed by atoms with E-state index in [2.05, 4.69) is 26.5 Å². The molecule has 0 fully saturated rings. The molecular formula is C15H15BrClN2O2-. The molecule has 0 aromatic heterocycles. The number of methoxy groups -OCH3 is 1. The van der Waals surface area contributed by atoms with E-state index in [-0.39, 0.29) is 18.2 Å². The van der Waals surface area contributed by atoms with Crippen LogP contribution in [0.15, 0.2) is 46.0 Å². The number of rotatable bonds is 4. The Morgan fingerprint density at radius 1 is 1.24 bits per heavy atom. The summed E-state index contributed by atoms with van der Waals surface area (Å²) < 4.78 is 5.65. The average Bonchev–Trinajstić information content (AvgIpc) is 2.44. The summed E-state index contributed by atoms with van der Waals surface area (Å²) in [4.78, 5) is 0. The van der Waals surface area contributed by atoms with Crippen LogP contribution < -0.4 is 22.6 Å². The molecule has 0 spiro atoms. The van der Waals surface area contributed by atoms with Crippen LogP contribution in [0, 0.1) is 6.92 Å².